The number of hydrogen-bond acceptors (Lipinski definition) is 3. The number of hydrogen-bond donors (Lipinski definition) is 3. The van der Waals surface area contributed by atoms with Crippen molar-refractivity contribution in [3.63, 3.8) is 0 Å². The van der Waals surface area contributed by atoms with E-state index in [0.29, 0.717) is 17.7 Å². The highest BCUT2D eigenvalue weighted by Gasteiger charge is 2.25. The van der Waals surface area contributed by atoms with Gasteiger partial charge >= 0.3 is 0 Å². The minimum atomic E-state index is -0.556. The minimum Gasteiger partial charge on any atom is -0.349 e. The highest BCUT2D eigenvalue weighted by Crippen LogP contribution is 2.21. The standard InChI is InChI=1S/C14H19N3O2/c1-2-11(15)14(19)17-12-6-4-3-5-10(12)13(18)16-9-7-8-9/h3-6,9,11H,2,7-8,15H2,1H3,(H,16,18)(H,17,19)/t11-/m1/s1. The Morgan fingerprint density at radius 1 is 1.37 bits per heavy atom. The van der Waals surface area contributed by atoms with Crippen molar-refractivity contribution in [3.8, 4) is 0 Å². The number of carbonyl (C=O) groups excluding carboxylic acids is 2. The van der Waals surface area contributed by atoms with Gasteiger partial charge in [0.15, 0.2) is 0 Å². The molecule has 0 radical (unpaired) electrons. The van der Waals surface area contributed by atoms with Crippen molar-refractivity contribution < 1.29 is 9.59 Å². The molecular weight excluding hydrogens is 242 g/mol. The molecule has 1 aliphatic rings. The van der Waals surface area contributed by atoms with Crippen molar-refractivity contribution in [2.45, 2.75) is 38.3 Å². The third-order valence-corrected chi connectivity index (χ3v) is 3.12. The van der Waals surface area contributed by atoms with Gasteiger partial charge in [0.2, 0.25) is 5.91 Å². The van der Waals surface area contributed by atoms with E-state index in [1.165, 1.54) is 0 Å². The van der Waals surface area contributed by atoms with E-state index >= 15 is 0 Å². The van der Waals surface area contributed by atoms with Gasteiger partial charge in [-0.1, -0.05) is 19.1 Å². The molecule has 5 nitrogen and oxygen atoms in total. The molecule has 1 aromatic rings. The summed E-state index contributed by atoms with van der Waals surface area (Å²) in [6, 6.07) is 6.69. The molecule has 0 aliphatic heterocycles. The van der Waals surface area contributed by atoms with Crippen LogP contribution in [0.4, 0.5) is 5.69 Å². The molecule has 1 aromatic carbocycles. The highest BCUT2D eigenvalue weighted by atomic mass is 16.2. The fourth-order valence-electron chi connectivity index (χ4n) is 1.69. The molecule has 0 spiro atoms. The Morgan fingerprint density at radius 2 is 2.05 bits per heavy atom. The smallest absolute Gasteiger partial charge is 0.253 e. The van der Waals surface area contributed by atoms with E-state index in [0.717, 1.165) is 12.8 Å². The Hall–Kier alpha value is -1.88. The maximum absolute atomic E-state index is 12.0. The van der Waals surface area contributed by atoms with E-state index in [4.69, 9.17) is 5.73 Å². The molecule has 5 heteroatoms. The number of rotatable bonds is 5. The van der Waals surface area contributed by atoms with Crippen LogP contribution in [0.15, 0.2) is 24.3 Å². The average molecular weight is 261 g/mol. The Labute approximate surface area is 112 Å². The summed E-state index contributed by atoms with van der Waals surface area (Å²) in [5.74, 6) is -0.419. The SMILES string of the molecule is CC[C@@H](N)C(=O)Nc1ccccc1C(=O)NC1CC1. The molecule has 0 heterocycles. The fourth-order valence-corrected chi connectivity index (χ4v) is 1.69. The van der Waals surface area contributed by atoms with Crippen LogP contribution in [0.25, 0.3) is 0 Å². The van der Waals surface area contributed by atoms with Gasteiger partial charge in [-0.15, -0.1) is 0 Å². The Balaban J connectivity index is 2.11. The lowest BCUT2D eigenvalue weighted by molar-refractivity contribution is -0.117. The van der Waals surface area contributed by atoms with E-state index in [9.17, 15) is 9.59 Å². The van der Waals surface area contributed by atoms with Gasteiger partial charge in [0.1, 0.15) is 0 Å². The zero-order valence-electron chi connectivity index (χ0n) is 11.0. The number of anilines is 1. The molecule has 1 atom stereocenters. The highest BCUT2D eigenvalue weighted by molar-refractivity contribution is 6.04. The Kier molecular flexibility index (Phi) is 4.16. The van der Waals surface area contributed by atoms with Crippen LogP contribution in [-0.2, 0) is 4.79 Å². The lowest BCUT2D eigenvalue weighted by atomic mass is 10.1. The van der Waals surface area contributed by atoms with E-state index in [2.05, 4.69) is 10.6 Å². The fraction of sp³-hybridized carbons (Fsp3) is 0.429. The predicted octanol–water partition coefficient (Wildman–Crippen LogP) is 1.25. The molecule has 0 unspecified atom stereocenters. The number of nitrogens with two attached hydrogens (primary N) is 1. The van der Waals surface area contributed by atoms with Gasteiger partial charge in [-0.05, 0) is 31.4 Å². The monoisotopic (exact) mass is 261 g/mol. The normalized spacial score (nSPS) is 15.7. The summed E-state index contributed by atoms with van der Waals surface area (Å²) >= 11 is 0. The van der Waals surface area contributed by atoms with Gasteiger partial charge in [0.05, 0.1) is 17.3 Å². The molecule has 0 aromatic heterocycles. The van der Waals surface area contributed by atoms with Gasteiger partial charge in [-0.3, -0.25) is 9.59 Å². The first-order valence-corrected chi connectivity index (χ1v) is 6.58. The van der Waals surface area contributed by atoms with Crippen molar-refractivity contribution in [3.05, 3.63) is 29.8 Å². The van der Waals surface area contributed by atoms with Crippen molar-refractivity contribution in [2.24, 2.45) is 5.73 Å². The number of carbonyl (C=O) groups is 2. The third kappa shape index (κ3) is 3.54. The number of amides is 2. The second-order valence-corrected chi connectivity index (χ2v) is 4.80. The molecule has 2 amide bonds. The van der Waals surface area contributed by atoms with Gasteiger partial charge in [-0.25, -0.2) is 0 Å². The molecule has 1 fully saturated rings. The molecule has 19 heavy (non-hydrogen) atoms. The van der Waals surface area contributed by atoms with Crippen LogP contribution in [-0.4, -0.2) is 23.9 Å². The van der Waals surface area contributed by atoms with E-state index in [1.807, 2.05) is 6.92 Å². The summed E-state index contributed by atoms with van der Waals surface area (Å²) in [5.41, 5.74) is 6.66. The topological polar surface area (TPSA) is 84.2 Å². The zero-order chi connectivity index (χ0) is 13.8. The molecular formula is C14H19N3O2. The van der Waals surface area contributed by atoms with Crippen LogP contribution in [0, 0.1) is 0 Å². The molecule has 102 valence electrons. The van der Waals surface area contributed by atoms with Crippen molar-refractivity contribution in [1.82, 2.24) is 5.32 Å². The van der Waals surface area contributed by atoms with Crippen LogP contribution in [0.2, 0.25) is 0 Å². The summed E-state index contributed by atoms with van der Waals surface area (Å²) in [5, 5.41) is 5.62. The van der Waals surface area contributed by atoms with Crippen LogP contribution in [0.3, 0.4) is 0 Å². The third-order valence-electron chi connectivity index (χ3n) is 3.12. The van der Waals surface area contributed by atoms with Crippen LogP contribution >= 0.6 is 0 Å². The summed E-state index contributed by atoms with van der Waals surface area (Å²) < 4.78 is 0. The van der Waals surface area contributed by atoms with Crippen LogP contribution in [0.5, 0.6) is 0 Å². The summed E-state index contributed by atoms with van der Waals surface area (Å²) in [6.45, 7) is 1.84. The van der Waals surface area contributed by atoms with Crippen molar-refractivity contribution in [2.75, 3.05) is 5.32 Å². The number of nitrogens with one attached hydrogen (secondary N) is 2. The minimum absolute atomic E-state index is 0.150. The van der Waals surface area contributed by atoms with Gasteiger partial charge in [0, 0.05) is 6.04 Å². The lowest BCUT2D eigenvalue weighted by Gasteiger charge is -2.13. The van der Waals surface area contributed by atoms with Crippen LogP contribution < -0.4 is 16.4 Å². The van der Waals surface area contributed by atoms with Crippen molar-refractivity contribution in [1.29, 1.82) is 0 Å². The molecule has 1 saturated carbocycles. The van der Waals surface area contributed by atoms with Gasteiger partial charge in [0.25, 0.3) is 5.91 Å². The van der Waals surface area contributed by atoms with E-state index in [-0.39, 0.29) is 17.9 Å². The summed E-state index contributed by atoms with van der Waals surface area (Å²) in [7, 11) is 0. The van der Waals surface area contributed by atoms with E-state index in [1.54, 1.807) is 24.3 Å². The quantitative estimate of drug-likeness (QED) is 0.746. The maximum Gasteiger partial charge on any atom is 0.253 e. The predicted molar refractivity (Wildman–Crippen MR) is 73.8 cm³/mol. The Morgan fingerprint density at radius 3 is 2.68 bits per heavy atom. The average Bonchev–Trinajstić information content (AvgIpc) is 3.22. The lowest BCUT2D eigenvalue weighted by Crippen LogP contribution is -2.35. The van der Waals surface area contributed by atoms with Crippen LogP contribution in [0.1, 0.15) is 36.5 Å². The second-order valence-electron chi connectivity index (χ2n) is 4.80. The maximum atomic E-state index is 12.0. The largest absolute Gasteiger partial charge is 0.349 e. The number of benzene rings is 1. The van der Waals surface area contributed by atoms with Crippen molar-refractivity contribution >= 4 is 17.5 Å². The molecule has 2 rings (SSSR count). The van der Waals surface area contributed by atoms with Gasteiger partial charge < -0.3 is 16.4 Å². The zero-order valence-corrected chi connectivity index (χ0v) is 11.0. The first-order chi connectivity index (χ1) is 9.11. The molecule has 1 aliphatic carbocycles. The second kappa shape index (κ2) is 5.84. The summed E-state index contributed by atoms with van der Waals surface area (Å²) in [6.07, 6.45) is 2.62. The number of para-hydroxylation sites is 1. The van der Waals surface area contributed by atoms with E-state index < -0.39 is 6.04 Å². The summed E-state index contributed by atoms with van der Waals surface area (Å²) in [4.78, 5) is 23.8. The molecule has 0 bridgehead atoms. The first-order valence-electron chi connectivity index (χ1n) is 6.58. The molecule has 0 saturated heterocycles. The molecule has 4 N–H and O–H groups in total. The first kappa shape index (κ1) is 13.5. The van der Waals surface area contributed by atoms with Gasteiger partial charge in [-0.2, -0.15) is 0 Å². The Bertz CT molecular complexity index is 483.